The zero-order valence-electron chi connectivity index (χ0n) is 21.7. The number of ether oxygens (including phenoxy) is 1. The summed E-state index contributed by atoms with van der Waals surface area (Å²) in [6.45, 7) is 2.88. The standard InChI is InChI=1S/C29H48N2O3/c1-3-4-5-6-7-8-9-10-11-12-13-14-15-16-17-21-24-30-29(33)31-27(28(32)34-2)25-26-22-19-18-20-23-26/h10-11,18-20,22-23,27H,3-9,12-17,21,24-25H2,1-2H3,(H2,30,31,33)/b11-10+/t27-/m0/s1. The van der Waals surface area contributed by atoms with Crippen LogP contribution in [0.15, 0.2) is 42.5 Å². The van der Waals surface area contributed by atoms with Gasteiger partial charge in [0.2, 0.25) is 0 Å². The molecule has 0 unspecified atom stereocenters. The number of nitrogens with one attached hydrogen (secondary N) is 2. The molecule has 34 heavy (non-hydrogen) atoms. The molecule has 2 N–H and O–H groups in total. The van der Waals surface area contributed by atoms with Crippen LogP contribution in [0.2, 0.25) is 0 Å². The summed E-state index contributed by atoms with van der Waals surface area (Å²) in [5.41, 5.74) is 0.978. The first-order valence-corrected chi connectivity index (χ1v) is 13.5. The molecule has 0 heterocycles. The summed E-state index contributed by atoms with van der Waals surface area (Å²) in [5.74, 6) is -0.434. The highest BCUT2D eigenvalue weighted by atomic mass is 16.5. The van der Waals surface area contributed by atoms with Crippen LogP contribution in [0.3, 0.4) is 0 Å². The molecule has 1 aromatic rings. The average molecular weight is 473 g/mol. The fourth-order valence-corrected chi connectivity index (χ4v) is 3.97. The maximum Gasteiger partial charge on any atom is 0.328 e. The van der Waals surface area contributed by atoms with Crippen molar-refractivity contribution < 1.29 is 14.3 Å². The Labute approximate surface area is 208 Å². The third-order valence-electron chi connectivity index (χ3n) is 6.05. The van der Waals surface area contributed by atoms with E-state index in [0.717, 1.165) is 18.4 Å². The van der Waals surface area contributed by atoms with Gasteiger partial charge in [-0.15, -0.1) is 0 Å². The van der Waals surface area contributed by atoms with E-state index in [4.69, 9.17) is 4.74 Å². The molecule has 0 aliphatic carbocycles. The second kappa shape index (κ2) is 21.2. The van der Waals surface area contributed by atoms with Crippen LogP contribution in [-0.4, -0.2) is 31.7 Å². The van der Waals surface area contributed by atoms with Crippen molar-refractivity contribution in [1.29, 1.82) is 0 Å². The molecule has 0 fully saturated rings. The molecular weight excluding hydrogens is 424 g/mol. The highest BCUT2D eigenvalue weighted by Crippen LogP contribution is 2.10. The molecule has 2 amide bonds. The Hall–Kier alpha value is -2.30. The molecule has 0 aromatic heterocycles. The van der Waals surface area contributed by atoms with E-state index in [-0.39, 0.29) is 6.03 Å². The minimum absolute atomic E-state index is 0.320. The number of urea groups is 1. The lowest BCUT2D eigenvalue weighted by Crippen LogP contribution is -2.47. The maximum absolute atomic E-state index is 12.2. The maximum atomic E-state index is 12.2. The summed E-state index contributed by atoms with van der Waals surface area (Å²) in [7, 11) is 1.34. The number of allylic oxidation sites excluding steroid dienone is 2. The van der Waals surface area contributed by atoms with Gasteiger partial charge in [0, 0.05) is 13.0 Å². The minimum atomic E-state index is -0.688. The third kappa shape index (κ3) is 16.3. The second-order valence-corrected chi connectivity index (χ2v) is 9.10. The zero-order chi connectivity index (χ0) is 24.7. The van der Waals surface area contributed by atoms with Crippen molar-refractivity contribution >= 4 is 12.0 Å². The Kier molecular flexibility index (Phi) is 18.6. The summed E-state index contributed by atoms with van der Waals surface area (Å²) < 4.78 is 4.84. The van der Waals surface area contributed by atoms with Crippen LogP contribution < -0.4 is 10.6 Å². The van der Waals surface area contributed by atoms with Gasteiger partial charge in [-0.05, 0) is 37.7 Å². The summed E-state index contributed by atoms with van der Waals surface area (Å²) in [6.07, 6.45) is 22.8. The first kappa shape index (κ1) is 29.7. The van der Waals surface area contributed by atoms with Gasteiger partial charge in [-0.2, -0.15) is 0 Å². The first-order chi connectivity index (χ1) is 16.7. The van der Waals surface area contributed by atoms with E-state index in [1.54, 1.807) is 0 Å². The lowest BCUT2D eigenvalue weighted by molar-refractivity contribution is -0.142. The van der Waals surface area contributed by atoms with E-state index in [1.807, 2.05) is 30.3 Å². The number of hydrogen-bond donors (Lipinski definition) is 2. The number of rotatable bonds is 20. The van der Waals surface area contributed by atoms with E-state index >= 15 is 0 Å². The van der Waals surface area contributed by atoms with Crippen LogP contribution in [0.4, 0.5) is 4.79 Å². The monoisotopic (exact) mass is 472 g/mol. The second-order valence-electron chi connectivity index (χ2n) is 9.10. The summed E-state index contributed by atoms with van der Waals surface area (Å²) in [6, 6.07) is 8.61. The molecule has 192 valence electrons. The highest BCUT2D eigenvalue weighted by molar-refractivity contribution is 5.83. The van der Waals surface area contributed by atoms with E-state index in [1.165, 1.54) is 84.2 Å². The summed E-state index contributed by atoms with van der Waals surface area (Å²) in [5, 5.41) is 5.60. The van der Waals surface area contributed by atoms with Crippen LogP contribution in [0, 0.1) is 0 Å². The van der Waals surface area contributed by atoms with E-state index in [9.17, 15) is 9.59 Å². The zero-order valence-corrected chi connectivity index (χ0v) is 21.7. The van der Waals surface area contributed by atoms with Crippen LogP contribution in [0.5, 0.6) is 0 Å². The van der Waals surface area contributed by atoms with Gasteiger partial charge in [-0.1, -0.05) is 107 Å². The number of carbonyl (C=O) groups excluding carboxylic acids is 2. The van der Waals surface area contributed by atoms with Gasteiger partial charge in [0.05, 0.1) is 7.11 Å². The number of unbranched alkanes of at least 4 members (excludes halogenated alkanes) is 12. The third-order valence-corrected chi connectivity index (χ3v) is 6.05. The van der Waals surface area contributed by atoms with Crippen molar-refractivity contribution in [2.45, 2.75) is 109 Å². The Morgan fingerprint density at radius 2 is 1.38 bits per heavy atom. The Morgan fingerprint density at radius 1 is 0.824 bits per heavy atom. The summed E-state index contributed by atoms with van der Waals surface area (Å²) in [4.78, 5) is 24.2. The van der Waals surface area contributed by atoms with Crippen molar-refractivity contribution in [3.8, 4) is 0 Å². The smallest absolute Gasteiger partial charge is 0.328 e. The van der Waals surface area contributed by atoms with E-state index in [2.05, 4.69) is 29.7 Å². The van der Waals surface area contributed by atoms with Gasteiger partial charge in [0.15, 0.2) is 0 Å². The number of hydrogen-bond acceptors (Lipinski definition) is 3. The number of amides is 2. The molecule has 0 aliphatic heterocycles. The van der Waals surface area contributed by atoms with Crippen LogP contribution >= 0.6 is 0 Å². The number of benzene rings is 1. The predicted octanol–water partition coefficient (Wildman–Crippen LogP) is 7.11. The highest BCUT2D eigenvalue weighted by Gasteiger charge is 2.21. The lowest BCUT2D eigenvalue weighted by Gasteiger charge is -2.17. The van der Waals surface area contributed by atoms with Gasteiger partial charge in [0.25, 0.3) is 0 Å². The lowest BCUT2D eigenvalue weighted by atomic mass is 10.1. The van der Waals surface area contributed by atoms with Crippen molar-refractivity contribution in [3.63, 3.8) is 0 Å². The molecule has 0 saturated carbocycles. The molecule has 1 atom stereocenters. The molecular formula is C29H48N2O3. The van der Waals surface area contributed by atoms with E-state index in [0.29, 0.717) is 13.0 Å². The van der Waals surface area contributed by atoms with Crippen molar-refractivity contribution in [3.05, 3.63) is 48.0 Å². The predicted molar refractivity (Wildman–Crippen MR) is 142 cm³/mol. The van der Waals surface area contributed by atoms with Gasteiger partial charge in [-0.3, -0.25) is 0 Å². The minimum Gasteiger partial charge on any atom is -0.467 e. The molecule has 5 heteroatoms. The van der Waals surface area contributed by atoms with Crippen LogP contribution in [-0.2, 0) is 16.0 Å². The Morgan fingerprint density at radius 3 is 1.97 bits per heavy atom. The molecule has 5 nitrogen and oxygen atoms in total. The van der Waals surface area contributed by atoms with Crippen molar-refractivity contribution in [2.75, 3.05) is 13.7 Å². The number of carbonyl (C=O) groups is 2. The Bertz CT molecular complexity index is 661. The van der Waals surface area contributed by atoms with Gasteiger partial charge in [-0.25, -0.2) is 9.59 Å². The molecule has 1 aromatic carbocycles. The summed E-state index contributed by atoms with van der Waals surface area (Å²) >= 11 is 0. The fraction of sp³-hybridized carbons (Fsp3) is 0.655. The van der Waals surface area contributed by atoms with Crippen LogP contribution in [0.25, 0.3) is 0 Å². The van der Waals surface area contributed by atoms with Crippen molar-refractivity contribution in [2.24, 2.45) is 0 Å². The van der Waals surface area contributed by atoms with Gasteiger partial charge in [0.1, 0.15) is 6.04 Å². The van der Waals surface area contributed by atoms with Crippen LogP contribution in [0.1, 0.15) is 102 Å². The molecule has 0 bridgehead atoms. The van der Waals surface area contributed by atoms with Gasteiger partial charge >= 0.3 is 12.0 Å². The first-order valence-electron chi connectivity index (χ1n) is 13.5. The molecule has 0 spiro atoms. The number of methoxy groups -OCH3 is 1. The topological polar surface area (TPSA) is 67.4 Å². The molecule has 1 rings (SSSR count). The van der Waals surface area contributed by atoms with Crippen molar-refractivity contribution in [1.82, 2.24) is 10.6 Å². The molecule has 0 radical (unpaired) electrons. The average Bonchev–Trinajstić information content (AvgIpc) is 2.85. The molecule has 0 saturated heterocycles. The van der Waals surface area contributed by atoms with E-state index < -0.39 is 12.0 Å². The van der Waals surface area contributed by atoms with Gasteiger partial charge < -0.3 is 15.4 Å². The number of esters is 1. The fourth-order valence-electron chi connectivity index (χ4n) is 3.97. The SMILES string of the molecule is CCCCCCCC/C=C/CCCCCCCCNC(=O)N[C@@H](Cc1ccccc1)C(=O)OC. The normalized spacial score (nSPS) is 11.9. The quantitative estimate of drug-likeness (QED) is 0.121. The Balaban J connectivity index is 1.99. The molecule has 0 aliphatic rings. The largest absolute Gasteiger partial charge is 0.467 e.